The first-order valence-electron chi connectivity index (χ1n) is 9.91. The van der Waals surface area contributed by atoms with Gasteiger partial charge >= 0.3 is 0 Å². The summed E-state index contributed by atoms with van der Waals surface area (Å²) in [7, 11) is 0. The van der Waals surface area contributed by atoms with E-state index in [9.17, 15) is 5.11 Å². The summed E-state index contributed by atoms with van der Waals surface area (Å²) >= 11 is 0. The van der Waals surface area contributed by atoms with Crippen molar-refractivity contribution in [3.8, 4) is 16.9 Å². The number of aryl methyl sites for hydroxylation is 3. The quantitative estimate of drug-likeness (QED) is 0.532. The van der Waals surface area contributed by atoms with Crippen LogP contribution in [0.3, 0.4) is 0 Å². The third-order valence-electron chi connectivity index (χ3n) is 4.72. The van der Waals surface area contributed by atoms with E-state index in [0.29, 0.717) is 13.2 Å². The highest BCUT2D eigenvalue weighted by molar-refractivity contribution is 5.63. The lowest BCUT2D eigenvalue weighted by atomic mass is 10.1. The summed E-state index contributed by atoms with van der Waals surface area (Å²) in [4.78, 5) is 0. The summed E-state index contributed by atoms with van der Waals surface area (Å²) in [6.07, 6.45) is 0.540. The van der Waals surface area contributed by atoms with E-state index < -0.39 is 6.10 Å². The van der Waals surface area contributed by atoms with E-state index in [4.69, 9.17) is 4.74 Å². The molecule has 0 spiro atoms. The van der Waals surface area contributed by atoms with Crippen LogP contribution < -0.4 is 10.1 Å². The lowest BCUT2D eigenvalue weighted by Crippen LogP contribution is -2.86. The van der Waals surface area contributed by atoms with Crippen LogP contribution in [0.2, 0.25) is 0 Å². The van der Waals surface area contributed by atoms with Gasteiger partial charge in [-0.2, -0.15) is 5.10 Å². The minimum Gasteiger partial charge on any atom is -0.491 e. The van der Waals surface area contributed by atoms with Crippen molar-refractivity contribution in [1.82, 2.24) is 9.78 Å². The Balaban J connectivity index is 1.33. The van der Waals surface area contributed by atoms with E-state index in [1.54, 1.807) is 0 Å². The van der Waals surface area contributed by atoms with E-state index in [1.165, 1.54) is 11.3 Å². The fraction of sp³-hybridized carbons (Fsp3) is 0.348. The van der Waals surface area contributed by atoms with Crippen molar-refractivity contribution in [2.24, 2.45) is 0 Å². The number of aliphatic hydroxyl groups is 1. The van der Waals surface area contributed by atoms with E-state index in [-0.39, 0.29) is 0 Å². The Hall–Kier alpha value is -2.63. The number of rotatable bonds is 10. The van der Waals surface area contributed by atoms with Crippen molar-refractivity contribution in [3.63, 3.8) is 0 Å². The number of ether oxygens (including phenoxy) is 1. The molecule has 0 amide bonds. The molecule has 28 heavy (non-hydrogen) atoms. The zero-order chi connectivity index (χ0) is 19.8. The first-order valence-corrected chi connectivity index (χ1v) is 9.91. The number of aliphatic hydroxyl groups excluding tert-OH is 1. The van der Waals surface area contributed by atoms with Gasteiger partial charge in [-0.3, -0.25) is 4.68 Å². The predicted octanol–water partition coefficient (Wildman–Crippen LogP) is 2.56. The number of quaternary nitrogens is 1. The zero-order valence-electron chi connectivity index (χ0n) is 16.7. The Morgan fingerprint density at radius 1 is 1.04 bits per heavy atom. The van der Waals surface area contributed by atoms with Gasteiger partial charge in [0.15, 0.2) is 0 Å². The maximum atomic E-state index is 10.1. The van der Waals surface area contributed by atoms with Gasteiger partial charge < -0.3 is 15.2 Å². The van der Waals surface area contributed by atoms with Crippen LogP contribution in [0, 0.1) is 13.8 Å². The molecule has 5 heteroatoms. The average molecular weight is 381 g/mol. The summed E-state index contributed by atoms with van der Waals surface area (Å²) in [6.45, 7) is 6.91. The van der Waals surface area contributed by atoms with Gasteiger partial charge in [-0.05, 0) is 43.2 Å². The van der Waals surface area contributed by atoms with Crippen LogP contribution in [-0.2, 0) is 6.54 Å². The normalized spacial score (nSPS) is 12.1. The molecule has 1 aromatic heterocycles. The Labute approximate surface area is 167 Å². The Morgan fingerprint density at radius 3 is 2.43 bits per heavy atom. The Kier molecular flexibility index (Phi) is 7.23. The highest BCUT2D eigenvalue weighted by atomic mass is 16.5. The predicted molar refractivity (Wildman–Crippen MR) is 111 cm³/mol. The molecule has 0 radical (unpaired) electrons. The standard InChI is InChI=1S/C23H29N3O2/c1-18-15-19(2)26(25-18)14-6-13-24-16-22(27)17-28-23-11-9-21(10-12-23)20-7-4-3-5-8-20/h3-5,7-12,15,22,24,27H,6,13-14,16-17H2,1-2H3/p+1/t22-/m1/s1. The summed E-state index contributed by atoms with van der Waals surface area (Å²) in [5.41, 5.74) is 4.60. The maximum Gasteiger partial charge on any atom is 0.137 e. The molecule has 0 bridgehead atoms. The van der Waals surface area contributed by atoms with Crippen LogP contribution >= 0.6 is 0 Å². The molecule has 0 aliphatic heterocycles. The van der Waals surface area contributed by atoms with Gasteiger partial charge in [0.25, 0.3) is 0 Å². The molecule has 148 valence electrons. The Bertz CT molecular complexity index is 844. The van der Waals surface area contributed by atoms with Gasteiger partial charge in [-0.1, -0.05) is 42.5 Å². The van der Waals surface area contributed by atoms with Gasteiger partial charge in [0.2, 0.25) is 0 Å². The number of benzene rings is 2. The Morgan fingerprint density at radius 2 is 1.75 bits per heavy atom. The molecule has 3 N–H and O–H groups in total. The number of hydrogen-bond donors (Lipinski definition) is 2. The third kappa shape index (κ3) is 5.94. The van der Waals surface area contributed by atoms with Crippen molar-refractivity contribution in [2.45, 2.75) is 32.9 Å². The van der Waals surface area contributed by atoms with Gasteiger partial charge in [0.1, 0.15) is 25.0 Å². The van der Waals surface area contributed by atoms with Crippen LogP contribution in [0.5, 0.6) is 5.75 Å². The summed E-state index contributed by atoms with van der Waals surface area (Å²) < 4.78 is 7.76. The smallest absolute Gasteiger partial charge is 0.137 e. The van der Waals surface area contributed by atoms with E-state index in [2.05, 4.69) is 35.5 Å². The minimum absolute atomic E-state index is 0.304. The molecular formula is C23H30N3O2+. The van der Waals surface area contributed by atoms with Gasteiger partial charge in [-0.25, -0.2) is 0 Å². The van der Waals surface area contributed by atoms with Crippen LogP contribution in [0.1, 0.15) is 17.8 Å². The second-order valence-electron chi connectivity index (χ2n) is 7.17. The second kappa shape index (κ2) is 10.1. The van der Waals surface area contributed by atoms with Crippen LogP contribution in [0.15, 0.2) is 60.7 Å². The lowest BCUT2D eigenvalue weighted by molar-refractivity contribution is -0.661. The van der Waals surface area contributed by atoms with Gasteiger partial charge in [0.05, 0.1) is 12.2 Å². The molecule has 2 aromatic carbocycles. The molecule has 0 aliphatic rings. The molecule has 3 rings (SSSR count). The molecule has 0 unspecified atom stereocenters. The summed E-state index contributed by atoms with van der Waals surface area (Å²) in [6, 6.07) is 20.3. The minimum atomic E-state index is -0.484. The largest absolute Gasteiger partial charge is 0.491 e. The third-order valence-corrected chi connectivity index (χ3v) is 4.72. The molecule has 1 heterocycles. The number of aromatic nitrogens is 2. The second-order valence-corrected chi connectivity index (χ2v) is 7.17. The highest BCUT2D eigenvalue weighted by Gasteiger charge is 2.08. The lowest BCUT2D eigenvalue weighted by Gasteiger charge is -2.12. The first-order chi connectivity index (χ1) is 13.6. The fourth-order valence-electron chi connectivity index (χ4n) is 3.23. The number of nitrogens with two attached hydrogens (primary N) is 1. The molecule has 0 saturated heterocycles. The molecule has 0 saturated carbocycles. The van der Waals surface area contributed by atoms with Gasteiger partial charge in [0, 0.05) is 18.7 Å². The summed E-state index contributed by atoms with van der Waals surface area (Å²) in [5, 5.41) is 16.7. The number of hydrogen-bond acceptors (Lipinski definition) is 3. The van der Waals surface area contributed by atoms with E-state index >= 15 is 0 Å². The van der Waals surface area contributed by atoms with Crippen molar-refractivity contribution >= 4 is 0 Å². The zero-order valence-corrected chi connectivity index (χ0v) is 16.7. The molecular weight excluding hydrogens is 350 g/mol. The fourth-order valence-corrected chi connectivity index (χ4v) is 3.23. The van der Waals surface area contributed by atoms with Crippen molar-refractivity contribution < 1.29 is 15.2 Å². The maximum absolute atomic E-state index is 10.1. The van der Waals surface area contributed by atoms with Crippen molar-refractivity contribution in [3.05, 3.63) is 72.1 Å². The first kappa shape index (κ1) is 20.1. The van der Waals surface area contributed by atoms with Gasteiger partial charge in [-0.15, -0.1) is 0 Å². The molecule has 5 nitrogen and oxygen atoms in total. The topological polar surface area (TPSA) is 63.9 Å². The van der Waals surface area contributed by atoms with E-state index in [0.717, 1.165) is 36.5 Å². The molecule has 1 atom stereocenters. The molecule has 0 aliphatic carbocycles. The number of nitrogens with zero attached hydrogens (tertiary/aromatic N) is 2. The van der Waals surface area contributed by atoms with Crippen LogP contribution in [-0.4, -0.2) is 40.7 Å². The van der Waals surface area contributed by atoms with Crippen LogP contribution in [0.4, 0.5) is 0 Å². The SMILES string of the molecule is Cc1cc(C)n(CCC[NH2+]C[C@@H](O)COc2ccc(-c3ccccc3)cc2)n1. The van der Waals surface area contributed by atoms with Crippen LogP contribution in [0.25, 0.3) is 11.1 Å². The van der Waals surface area contributed by atoms with E-state index in [1.807, 2.05) is 54.1 Å². The summed E-state index contributed by atoms with van der Waals surface area (Å²) in [5.74, 6) is 0.781. The molecule has 0 fully saturated rings. The average Bonchev–Trinajstić information content (AvgIpc) is 3.04. The molecule has 3 aromatic rings. The monoisotopic (exact) mass is 380 g/mol. The van der Waals surface area contributed by atoms with Crippen molar-refractivity contribution in [2.75, 3.05) is 19.7 Å². The van der Waals surface area contributed by atoms with Crippen molar-refractivity contribution in [1.29, 1.82) is 0 Å². The highest BCUT2D eigenvalue weighted by Crippen LogP contribution is 2.22.